The van der Waals surface area contributed by atoms with E-state index in [1.807, 2.05) is 0 Å². The van der Waals surface area contributed by atoms with Crippen LogP contribution in [-0.2, 0) is 9.47 Å². The first-order valence-corrected chi connectivity index (χ1v) is 4.83. The molecule has 82 valence electrons. The third-order valence-electron chi connectivity index (χ3n) is 1.73. The van der Waals surface area contributed by atoms with Crippen LogP contribution in [0.1, 0.15) is 17.3 Å². The third kappa shape index (κ3) is 3.11. The molecule has 0 aliphatic rings. The first-order valence-electron chi connectivity index (χ1n) is 4.45. The summed E-state index contributed by atoms with van der Waals surface area (Å²) in [4.78, 5) is 11.5. The number of hydrogen-bond acceptors (Lipinski definition) is 4. The van der Waals surface area contributed by atoms with Crippen LogP contribution in [0.15, 0.2) is 18.2 Å². The smallest absolute Gasteiger partial charge is 0.343 e. The molecule has 0 radical (unpaired) electrons. The first kappa shape index (κ1) is 11.8. The number of halogens is 1. The summed E-state index contributed by atoms with van der Waals surface area (Å²) in [5.41, 5.74) is 6.08. The molecule has 5 heteroatoms. The maximum atomic E-state index is 11.5. The van der Waals surface area contributed by atoms with Crippen molar-refractivity contribution in [3.05, 3.63) is 28.8 Å². The van der Waals surface area contributed by atoms with E-state index in [0.717, 1.165) is 0 Å². The highest BCUT2D eigenvalue weighted by molar-refractivity contribution is 6.34. The lowest BCUT2D eigenvalue weighted by molar-refractivity contribution is -0.0273. The number of nitrogens with two attached hydrogens (primary N) is 1. The fourth-order valence-electron chi connectivity index (χ4n) is 1.01. The van der Waals surface area contributed by atoms with Crippen molar-refractivity contribution in [3.63, 3.8) is 0 Å². The zero-order valence-corrected chi connectivity index (χ0v) is 9.08. The van der Waals surface area contributed by atoms with E-state index in [4.69, 9.17) is 26.8 Å². The molecule has 1 aromatic rings. The van der Waals surface area contributed by atoms with Crippen LogP contribution in [0.5, 0.6) is 0 Å². The van der Waals surface area contributed by atoms with Gasteiger partial charge in [0, 0.05) is 12.3 Å². The van der Waals surface area contributed by atoms with Gasteiger partial charge in [-0.1, -0.05) is 17.7 Å². The number of esters is 1. The summed E-state index contributed by atoms with van der Waals surface area (Å²) in [5, 5.41) is 0.275. The Labute approximate surface area is 92.9 Å². The Bertz CT molecular complexity index is 334. The van der Waals surface area contributed by atoms with Crippen molar-refractivity contribution in [3.8, 4) is 0 Å². The van der Waals surface area contributed by atoms with Crippen LogP contribution in [0, 0.1) is 0 Å². The van der Waals surface area contributed by atoms with Crippen LogP contribution in [0.3, 0.4) is 0 Å². The van der Waals surface area contributed by atoms with Crippen LogP contribution in [-0.4, -0.2) is 19.4 Å². The lowest BCUT2D eigenvalue weighted by Crippen LogP contribution is -2.11. The number of benzene rings is 1. The van der Waals surface area contributed by atoms with Gasteiger partial charge in [0.05, 0.1) is 5.02 Å². The van der Waals surface area contributed by atoms with Crippen molar-refractivity contribution < 1.29 is 14.3 Å². The van der Waals surface area contributed by atoms with Gasteiger partial charge in [-0.05, 0) is 19.1 Å². The van der Waals surface area contributed by atoms with E-state index in [1.165, 1.54) is 0 Å². The second-order valence-corrected chi connectivity index (χ2v) is 3.15. The van der Waals surface area contributed by atoms with Gasteiger partial charge in [-0.3, -0.25) is 0 Å². The second kappa shape index (κ2) is 5.58. The normalized spacial score (nSPS) is 10.0. The van der Waals surface area contributed by atoms with Gasteiger partial charge in [0.15, 0.2) is 6.79 Å². The Balaban J connectivity index is 2.73. The molecule has 0 aliphatic carbocycles. The molecule has 0 unspecified atom stereocenters. The average molecular weight is 230 g/mol. The Morgan fingerprint density at radius 3 is 2.87 bits per heavy atom. The van der Waals surface area contributed by atoms with Crippen molar-refractivity contribution in [2.45, 2.75) is 6.92 Å². The molecule has 15 heavy (non-hydrogen) atoms. The molecule has 2 N–H and O–H groups in total. The molecule has 0 fully saturated rings. The quantitative estimate of drug-likeness (QED) is 0.372. The summed E-state index contributed by atoms with van der Waals surface area (Å²) in [7, 11) is 0. The number of anilines is 1. The molecule has 0 aromatic heterocycles. The number of rotatable bonds is 4. The summed E-state index contributed by atoms with van der Waals surface area (Å²) in [6.07, 6.45) is 0. The van der Waals surface area contributed by atoms with Crippen molar-refractivity contribution in [1.82, 2.24) is 0 Å². The van der Waals surface area contributed by atoms with Gasteiger partial charge in [0.2, 0.25) is 0 Å². The molecule has 0 saturated heterocycles. The van der Waals surface area contributed by atoms with Crippen LogP contribution in [0.2, 0.25) is 5.02 Å². The minimum atomic E-state index is -0.577. The molecule has 0 aliphatic heterocycles. The SMILES string of the molecule is CCOCOC(=O)c1c(N)cccc1Cl. The highest BCUT2D eigenvalue weighted by Crippen LogP contribution is 2.22. The number of ether oxygens (including phenoxy) is 2. The fraction of sp³-hybridized carbons (Fsp3) is 0.300. The Kier molecular flexibility index (Phi) is 4.39. The average Bonchev–Trinajstić information content (AvgIpc) is 2.18. The molecule has 0 saturated carbocycles. The number of carbonyl (C=O) groups is 1. The van der Waals surface area contributed by atoms with E-state index in [1.54, 1.807) is 25.1 Å². The van der Waals surface area contributed by atoms with Crippen LogP contribution in [0.25, 0.3) is 0 Å². The highest BCUT2D eigenvalue weighted by Gasteiger charge is 2.14. The Morgan fingerprint density at radius 2 is 2.27 bits per heavy atom. The van der Waals surface area contributed by atoms with E-state index >= 15 is 0 Å². The predicted octanol–water partition coefficient (Wildman–Crippen LogP) is 2.07. The first-order chi connectivity index (χ1) is 7.16. The summed E-state index contributed by atoms with van der Waals surface area (Å²) < 4.78 is 9.68. The predicted molar refractivity (Wildman–Crippen MR) is 57.8 cm³/mol. The zero-order chi connectivity index (χ0) is 11.3. The molecule has 0 heterocycles. The summed E-state index contributed by atoms with van der Waals surface area (Å²) in [6.45, 7) is 2.18. The van der Waals surface area contributed by atoms with Gasteiger partial charge in [-0.2, -0.15) is 0 Å². The summed E-state index contributed by atoms with van der Waals surface area (Å²) in [6, 6.07) is 4.83. The molecule has 0 spiro atoms. The van der Waals surface area contributed by atoms with Gasteiger partial charge in [0.25, 0.3) is 0 Å². The maximum absolute atomic E-state index is 11.5. The zero-order valence-electron chi connectivity index (χ0n) is 8.33. The van der Waals surface area contributed by atoms with E-state index in [9.17, 15) is 4.79 Å². The fourth-order valence-corrected chi connectivity index (χ4v) is 1.27. The van der Waals surface area contributed by atoms with Crippen LogP contribution in [0.4, 0.5) is 5.69 Å². The molecule has 4 nitrogen and oxygen atoms in total. The molecule has 0 bridgehead atoms. The molecular formula is C10H12ClNO3. The summed E-state index contributed by atoms with van der Waals surface area (Å²) >= 11 is 5.82. The number of carbonyl (C=O) groups excluding carboxylic acids is 1. The van der Waals surface area contributed by atoms with Crippen LogP contribution < -0.4 is 5.73 Å². The molecule has 1 aromatic carbocycles. The number of hydrogen-bond donors (Lipinski definition) is 1. The van der Waals surface area contributed by atoms with Gasteiger partial charge in [0.1, 0.15) is 5.56 Å². The largest absolute Gasteiger partial charge is 0.435 e. The van der Waals surface area contributed by atoms with E-state index in [2.05, 4.69) is 0 Å². The standard InChI is InChI=1S/C10H12ClNO3/c1-2-14-6-15-10(13)9-7(11)4-3-5-8(9)12/h3-5H,2,6,12H2,1H3. The lowest BCUT2D eigenvalue weighted by atomic mass is 10.2. The van der Waals surface area contributed by atoms with E-state index in [-0.39, 0.29) is 17.4 Å². The topological polar surface area (TPSA) is 61.5 Å². The van der Waals surface area contributed by atoms with Crippen molar-refractivity contribution in [1.29, 1.82) is 0 Å². The third-order valence-corrected chi connectivity index (χ3v) is 2.04. The highest BCUT2D eigenvalue weighted by atomic mass is 35.5. The van der Waals surface area contributed by atoms with Gasteiger partial charge < -0.3 is 15.2 Å². The van der Waals surface area contributed by atoms with Gasteiger partial charge in [-0.25, -0.2) is 4.79 Å². The van der Waals surface area contributed by atoms with E-state index in [0.29, 0.717) is 12.3 Å². The molecule has 1 rings (SSSR count). The maximum Gasteiger partial charge on any atom is 0.343 e. The molecular weight excluding hydrogens is 218 g/mol. The minimum Gasteiger partial charge on any atom is -0.435 e. The Hall–Kier alpha value is -1.26. The number of nitrogen functional groups attached to an aromatic ring is 1. The minimum absolute atomic E-state index is 0.0972. The lowest BCUT2D eigenvalue weighted by Gasteiger charge is -2.07. The van der Waals surface area contributed by atoms with Crippen LogP contribution >= 0.6 is 11.6 Å². The second-order valence-electron chi connectivity index (χ2n) is 2.75. The van der Waals surface area contributed by atoms with Gasteiger partial charge in [-0.15, -0.1) is 0 Å². The monoisotopic (exact) mass is 229 g/mol. The van der Waals surface area contributed by atoms with Crippen molar-refractivity contribution in [2.75, 3.05) is 19.1 Å². The van der Waals surface area contributed by atoms with Crippen molar-refractivity contribution >= 4 is 23.3 Å². The van der Waals surface area contributed by atoms with Crippen molar-refractivity contribution in [2.24, 2.45) is 0 Å². The van der Waals surface area contributed by atoms with Gasteiger partial charge >= 0.3 is 5.97 Å². The Morgan fingerprint density at radius 1 is 1.53 bits per heavy atom. The van der Waals surface area contributed by atoms with E-state index < -0.39 is 5.97 Å². The molecule has 0 atom stereocenters. The molecule has 0 amide bonds. The summed E-state index contributed by atoms with van der Waals surface area (Å²) in [5.74, 6) is -0.577.